The topological polar surface area (TPSA) is 90.7 Å². The predicted molar refractivity (Wildman–Crippen MR) is 84.5 cm³/mol. The maximum Gasteiger partial charge on any atom is 0.405 e. The lowest BCUT2D eigenvalue weighted by molar-refractivity contribution is -0.121. The second-order valence-electron chi connectivity index (χ2n) is 5.42. The first-order valence-corrected chi connectivity index (χ1v) is 7.50. The van der Waals surface area contributed by atoms with Gasteiger partial charge in [0.2, 0.25) is 0 Å². The molecule has 0 aromatic heterocycles. The molecule has 2 aromatic carbocycles. The highest BCUT2D eigenvalue weighted by atomic mass is 19.3. The zero-order valence-electron chi connectivity index (χ0n) is 14.1. The minimum absolute atomic E-state index is 0.00532. The molecular weight excluding hydrogens is 391 g/mol. The number of hydroxylamine groups is 1. The molecule has 0 aliphatic rings. The Bertz CT molecular complexity index is 890. The number of rotatable bonds is 6. The van der Waals surface area contributed by atoms with Crippen LogP contribution in [-0.2, 0) is 15.5 Å². The number of nitrogens with one attached hydrogen (secondary N) is 1. The molecule has 3 N–H and O–H groups in total. The quantitative estimate of drug-likeness (QED) is 0.439. The first kappa shape index (κ1) is 21.1. The largest absolute Gasteiger partial charge is 0.435 e. The van der Waals surface area contributed by atoms with Crippen LogP contribution in [0.1, 0.15) is 27.6 Å². The number of carbonyl (C=O) groups excluding carboxylic acids is 2. The number of hydrogen-bond acceptors (Lipinski definition) is 4. The predicted octanol–water partition coefficient (Wildman–Crippen LogP) is 3.32. The van der Waals surface area contributed by atoms with Crippen LogP contribution in [0.4, 0.5) is 26.7 Å². The van der Waals surface area contributed by atoms with E-state index in [1.54, 1.807) is 0 Å². The van der Waals surface area contributed by atoms with Crippen molar-refractivity contribution in [3.05, 3.63) is 70.5 Å². The molecule has 0 fully saturated rings. The SMILES string of the molecule is CONC(=O)c1ccc(C(OC(N)=O)C(F)(F)c2ccc(F)c(F)c2F)cc1. The van der Waals surface area contributed by atoms with Crippen LogP contribution < -0.4 is 11.2 Å². The Morgan fingerprint density at radius 3 is 2.18 bits per heavy atom. The van der Waals surface area contributed by atoms with Gasteiger partial charge < -0.3 is 10.5 Å². The molecule has 0 spiro atoms. The van der Waals surface area contributed by atoms with Gasteiger partial charge in [-0.25, -0.2) is 23.4 Å². The van der Waals surface area contributed by atoms with Crippen molar-refractivity contribution in [1.29, 1.82) is 0 Å². The van der Waals surface area contributed by atoms with Gasteiger partial charge in [-0.3, -0.25) is 9.63 Å². The Balaban J connectivity index is 2.49. The van der Waals surface area contributed by atoms with E-state index in [4.69, 9.17) is 5.73 Å². The second kappa shape index (κ2) is 8.21. The summed E-state index contributed by atoms with van der Waals surface area (Å²) in [4.78, 5) is 27.1. The summed E-state index contributed by atoms with van der Waals surface area (Å²) in [7, 11) is 1.18. The summed E-state index contributed by atoms with van der Waals surface area (Å²) in [5.41, 5.74) is 4.89. The highest BCUT2D eigenvalue weighted by Crippen LogP contribution is 2.44. The molecule has 2 amide bonds. The zero-order valence-corrected chi connectivity index (χ0v) is 14.1. The van der Waals surface area contributed by atoms with E-state index in [1.807, 2.05) is 5.48 Å². The molecule has 2 rings (SSSR count). The van der Waals surface area contributed by atoms with Crippen LogP contribution >= 0.6 is 0 Å². The number of primary amides is 1. The average Bonchev–Trinajstić information content (AvgIpc) is 2.64. The van der Waals surface area contributed by atoms with Gasteiger partial charge in [0.1, 0.15) is 0 Å². The minimum Gasteiger partial charge on any atom is -0.435 e. The monoisotopic (exact) mass is 404 g/mol. The Kier molecular flexibility index (Phi) is 6.19. The fourth-order valence-electron chi connectivity index (χ4n) is 2.35. The zero-order chi connectivity index (χ0) is 21.1. The third kappa shape index (κ3) is 4.19. The summed E-state index contributed by atoms with van der Waals surface area (Å²) >= 11 is 0. The summed E-state index contributed by atoms with van der Waals surface area (Å²) in [6.45, 7) is 0. The summed E-state index contributed by atoms with van der Waals surface area (Å²) in [5, 5.41) is 0. The number of carbonyl (C=O) groups is 2. The van der Waals surface area contributed by atoms with Gasteiger partial charge in [-0.15, -0.1) is 0 Å². The number of alkyl halides is 2. The van der Waals surface area contributed by atoms with Gasteiger partial charge in [0, 0.05) is 5.56 Å². The molecule has 28 heavy (non-hydrogen) atoms. The molecule has 0 radical (unpaired) electrons. The lowest BCUT2D eigenvalue weighted by atomic mass is 9.95. The van der Waals surface area contributed by atoms with Gasteiger partial charge in [0.15, 0.2) is 23.6 Å². The molecule has 2 aromatic rings. The minimum atomic E-state index is -4.33. The number of ether oxygens (including phenoxy) is 1. The van der Waals surface area contributed by atoms with Gasteiger partial charge in [-0.05, 0) is 29.8 Å². The normalized spacial score (nSPS) is 12.4. The first-order chi connectivity index (χ1) is 13.1. The molecule has 0 aliphatic heterocycles. The molecule has 1 atom stereocenters. The standard InChI is InChI=1S/C17H13F5N2O4/c1-27-24-15(25)9-4-2-8(3-5-9)14(28-16(23)26)17(21,22)10-6-7-11(18)13(20)12(10)19/h2-7,14H,1H3,(H2,23,26)(H,24,25). The van der Waals surface area contributed by atoms with Crippen molar-refractivity contribution in [2.24, 2.45) is 5.73 Å². The number of amides is 2. The molecule has 0 bridgehead atoms. The summed E-state index contributed by atoms with van der Waals surface area (Å²) < 4.78 is 74.5. The number of nitrogens with two attached hydrogens (primary N) is 1. The van der Waals surface area contributed by atoms with Crippen LogP contribution in [0.25, 0.3) is 0 Å². The van der Waals surface area contributed by atoms with E-state index in [2.05, 4.69) is 9.57 Å². The van der Waals surface area contributed by atoms with E-state index >= 15 is 0 Å². The van der Waals surface area contributed by atoms with Crippen LogP contribution in [0, 0.1) is 17.5 Å². The summed E-state index contributed by atoms with van der Waals surface area (Å²) in [5.74, 6) is -10.9. The second-order valence-corrected chi connectivity index (χ2v) is 5.42. The van der Waals surface area contributed by atoms with Crippen molar-refractivity contribution < 1.29 is 41.1 Å². The average molecular weight is 404 g/mol. The van der Waals surface area contributed by atoms with Crippen molar-refractivity contribution in [2.45, 2.75) is 12.0 Å². The van der Waals surface area contributed by atoms with Crippen LogP contribution in [0.3, 0.4) is 0 Å². The number of hydrogen-bond donors (Lipinski definition) is 2. The Morgan fingerprint density at radius 2 is 1.64 bits per heavy atom. The van der Waals surface area contributed by atoms with E-state index in [0.717, 1.165) is 24.3 Å². The van der Waals surface area contributed by atoms with Crippen molar-refractivity contribution in [3.63, 3.8) is 0 Å². The molecule has 6 nitrogen and oxygen atoms in total. The molecule has 0 saturated heterocycles. The lowest BCUT2D eigenvalue weighted by Gasteiger charge is -2.27. The van der Waals surface area contributed by atoms with Crippen molar-refractivity contribution in [1.82, 2.24) is 5.48 Å². The van der Waals surface area contributed by atoms with Crippen molar-refractivity contribution in [2.75, 3.05) is 7.11 Å². The van der Waals surface area contributed by atoms with Crippen molar-refractivity contribution in [3.8, 4) is 0 Å². The van der Waals surface area contributed by atoms with Crippen LogP contribution in [0.15, 0.2) is 36.4 Å². The first-order valence-electron chi connectivity index (χ1n) is 7.50. The Morgan fingerprint density at radius 1 is 1.04 bits per heavy atom. The van der Waals surface area contributed by atoms with Gasteiger partial charge >= 0.3 is 12.0 Å². The van der Waals surface area contributed by atoms with Gasteiger partial charge in [-0.1, -0.05) is 12.1 Å². The third-order valence-corrected chi connectivity index (χ3v) is 3.63. The molecular formula is C17H13F5N2O4. The van der Waals surface area contributed by atoms with Crippen LogP contribution in [-0.4, -0.2) is 19.1 Å². The molecule has 0 heterocycles. The molecule has 0 saturated carbocycles. The lowest BCUT2D eigenvalue weighted by Crippen LogP contribution is -2.31. The van der Waals surface area contributed by atoms with Crippen molar-refractivity contribution >= 4 is 12.0 Å². The van der Waals surface area contributed by atoms with E-state index < -0.39 is 47.0 Å². The highest BCUT2D eigenvalue weighted by Gasteiger charge is 2.48. The smallest absolute Gasteiger partial charge is 0.405 e. The van der Waals surface area contributed by atoms with E-state index in [0.29, 0.717) is 12.1 Å². The fourth-order valence-corrected chi connectivity index (χ4v) is 2.35. The number of benzene rings is 2. The fraction of sp³-hybridized carbons (Fsp3) is 0.176. The third-order valence-electron chi connectivity index (χ3n) is 3.63. The van der Waals surface area contributed by atoms with Crippen LogP contribution in [0.2, 0.25) is 0 Å². The van der Waals surface area contributed by atoms with Gasteiger partial charge in [-0.2, -0.15) is 8.78 Å². The molecule has 150 valence electrons. The van der Waals surface area contributed by atoms with E-state index in [9.17, 15) is 31.5 Å². The number of halogens is 5. The summed E-state index contributed by atoms with van der Waals surface area (Å²) in [6.07, 6.45) is -4.10. The van der Waals surface area contributed by atoms with Gasteiger partial charge in [0.25, 0.3) is 5.91 Å². The van der Waals surface area contributed by atoms with E-state index in [1.165, 1.54) is 7.11 Å². The summed E-state index contributed by atoms with van der Waals surface area (Å²) in [6, 6.07) is 4.80. The van der Waals surface area contributed by atoms with E-state index in [-0.39, 0.29) is 11.1 Å². The highest BCUT2D eigenvalue weighted by molar-refractivity contribution is 5.93. The molecule has 0 aliphatic carbocycles. The Hall–Kier alpha value is -3.21. The molecule has 1 unspecified atom stereocenters. The molecule has 11 heteroatoms. The van der Waals surface area contributed by atoms with Gasteiger partial charge in [0.05, 0.1) is 12.7 Å². The maximum atomic E-state index is 14.9. The Labute approximate surface area is 155 Å². The van der Waals surface area contributed by atoms with Crippen LogP contribution in [0.5, 0.6) is 0 Å². The maximum absolute atomic E-state index is 14.9.